The van der Waals surface area contributed by atoms with Crippen molar-refractivity contribution in [2.24, 2.45) is 0 Å². The van der Waals surface area contributed by atoms with E-state index in [9.17, 15) is 14.7 Å². The van der Waals surface area contributed by atoms with Gasteiger partial charge in [0.25, 0.3) is 5.91 Å². The van der Waals surface area contributed by atoms with Crippen molar-refractivity contribution < 1.29 is 19.4 Å². The number of hydrogen-bond donors (Lipinski definition) is 3. The van der Waals surface area contributed by atoms with Crippen molar-refractivity contribution in [1.29, 1.82) is 0 Å². The van der Waals surface area contributed by atoms with Crippen LogP contribution in [0.2, 0.25) is 0 Å². The third-order valence-corrected chi connectivity index (χ3v) is 5.20. The number of carboxylic acids is 1. The average Bonchev–Trinajstić information content (AvgIpc) is 3.18. The van der Waals surface area contributed by atoms with Gasteiger partial charge in [0.05, 0.1) is 19.3 Å². The number of aliphatic carboxylic acids is 1. The van der Waals surface area contributed by atoms with Crippen LogP contribution in [0.25, 0.3) is 0 Å². The second kappa shape index (κ2) is 8.03. The standard InChI is InChI=1S/C21H17BrN4O4/c1-30-15-8-6-14(7-9-15)24-20(27)16-11-23-26-18(12-2-4-13(22)5-3-12)10-17(21(28)29)25-19(16)26/h2-11,18,25H,1H3,(H,24,27)(H,28,29)/t18-/m1/s1. The van der Waals surface area contributed by atoms with Gasteiger partial charge in [0, 0.05) is 10.2 Å². The Bertz CT molecular complexity index is 1140. The van der Waals surface area contributed by atoms with Gasteiger partial charge in [-0.3, -0.25) is 4.79 Å². The first-order valence-corrected chi connectivity index (χ1v) is 9.76. The van der Waals surface area contributed by atoms with E-state index in [0.29, 0.717) is 17.3 Å². The highest BCUT2D eigenvalue weighted by atomic mass is 79.9. The fraction of sp³-hybridized carbons (Fsp3) is 0.0952. The molecule has 2 aromatic carbocycles. The van der Waals surface area contributed by atoms with E-state index >= 15 is 0 Å². The smallest absolute Gasteiger partial charge is 0.352 e. The zero-order valence-corrected chi connectivity index (χ0v) is 17.4. The molecule has 0 aliphatic carbocycles. The molecule has 0 spiro atoms. The zero-order chi connectivity index (χ0) is 21.3. The topological polar surface area (TPSA) is 105 Å². The number of hydrogen-bond acceptors (Lipinski definition) is 5. The quantitative estimate of drug-likeness (QED) is 0.524. The number of allylic oxidation sites excluding steroid dienone is 1. The average molecular weight is 469 g/mol. The molecule has 1 atom stereocenters. The number of fused-ring (bicyclic) bond motifs is 1. The van der Waals surface area contributed by atoms with E-state index in [2.05, 4.69) is 31.7 Å². The molecule has 3 N–H and O–H groups in total. The van der Waals surface area contributed by atoms with Crippen LogP contribution in [0.4, 0.5) is 11.5 Å². The van der Waals surface area contributed by atoms with Gasteiger partial charge >= 0.3 is 5.97 Å². The monoisotopic (exact) mass is 468 g/mol. The fourth-order valence-electron chi connectivity index (χ4n) is 3.16. The second-order valence-electron chi connectivity index (χ2n) is 6.54. The third-order valence-electron chi connectivity index (χ3n) is 4.67. The maximum atomic E-state index is 12.9. The van der Waals surface area contributed by atoms with Crippen molar-refractivity contribution in [2.45, 2.75) is 6.04 Å². The number of anilines is 2. The molecule has 0 saturated carbocycles. The number of benzene rings is 2. The molecule has 1 aliphatic rings. The van der Waals surface area contributed by atoms with E-state index in [1.165, 1.54) is 6.20 Å². The maximum absolute atomic E-state index is 12.9. The van der Waals surface area contributed by atoms with Crippen LogP contribution in [-0.2, 0) is 4.79 Å². The lowest BCUT2D eigenvalue weighted by Crippen LogP contribution is -2.25. The van der Waals surface area contributed by atoms with Gasteiger partial charge in [-0.15, -0.1) is 0 Å². The molecule has 9 heteroatoms. The summed E-state index contributed by atoms with van der Waals surface area (Å²) >= 11 is 3.39. The van der Waals surface area contributed by atoms with Crippen molar-refractivity contribution in [3.05, 3.63) is 82.1 Å². The Kier molecular flexibility index (Phi) is 5.28. The molecule has 152 valence electrons. The molecule has 0 radical (unpaired) electrons. The summed E-state index contributed by atoms with van der Waals surface area (Å²) in [5.41, 5.74) is 1.63. The van der Waals surface area contributed by atoms with E-state index < -0.39 is 17.9 Å². The number of methoxy groups -OCH3 is 1. The number of amides is 1. The van der Waals surface area contributed by atoms with Crippen molar-refractivity contribution in [1.82, 2.24) is 9.78 Å². The van der Waals surface area contributed by atoms with Crippen molar-refractivity contribution in [3.8, 4) is 5.75 Å². The molecule has 0 bridgehead atoms. The lowest BCUT2D eigenvalue weighted by Gasteiger charge is -2.24. The second-order valence-corrected chi connectivity index (χ2v) is 7.46. The van der Waals surface area contributed by atoms with E-state index in [-0.39, 0.29) is 11.3 Å². The molecular formula is C21H17BrN4O4. The molecular weight excluding hydrogens is 452 g/mol. The number of nitrogens with zero attached hydrogens (tertiary/aromatic N) is 2. The number of rotatable bonds is 5. The maximum Gasteiger partial charge on any atom is 0.352 e. The summed E-state index contributed by atoms with van der Waals surface area (Å²) < 4.78 is 7.62. The molecule has 2 heterocycles. The minimum atomic E-state index is -1.12. The van der Waals surface area contributed by atoms with Crippen LogP contribution in [0.15, 0.2) is 71.0 Å². The number of ether oxygens (including phenoxy) is 1. The van der Waals surface area contributed by atoms with Crippen LogP contribution in [-0.4, -0.2) is 33.9 Å². The summed E-state index contributed by atoms with van der Waals surface area (Å²) in [6.45, 7) is 0. The summed E-state index contributed by atoms with van der Waals surface area (Å²) in [6.07, 6.45) is 2.99. The molecule has 30 heavy (non-hydrogen) atoms. The van der Waals surface area contributed by atoms with Crippen molar-refractivity contribution in [3.63, 3.8) is 0 Å². The minimum absolute atomic E-state index is 0.0191. The van der Waals surface area contributed by atoms with Crippen molar-refractivity contribution in [2.75, 3.05) is 17.7 Å². The molecule has 0 saturated heterocycles. The summed E-state index contributed by atoms with van der Waals surface area (Å²) in [7, 11) is 1.56. The van der Waals surface area contributed by atoms with Crippen LogP contribution in [0, 0.1) is 0 Å². The molecule has 8 nitrogen and oxygen atoms in total. The molecule has 3 aromatic rings. The Morgan fingerprint density at radius 2 is 1.87 bits per heavy atom. The molecule has 0 fully saturated rings. The minimum Gasteiger partial charge on any atom is -0.497 e. The number of aromatic nitrogens is 2. The largest absolute Gasteiger partial charge is 0.497 e. The van der Waals surface area contributed by atoms with Gasteiger partial charge in [0.1, 0.15) is 22.8 Å². The van der Waals surface area contributed by atoms with Gasteiger partial charge < -0.3 is 20.5 Å². The van der Waals surface area contributed by atoms with E-state index in [1.54, 1.807) is 42.1 Å². The predicted molar refractivity (Wildman–Crippen MR) is 115 cm³/mol. The van der Waals surface area contributed by atoms with Crippen molar-refractivity contribution >= 4 is 39.3 Å². The lowest BCUT2D eigenvalue weighted by molar-refractivity contribution is -0.132. The van der Waals surface area contributed by atoms with Crippen LogP contribution < -0.4 is 15.4 Å². The summed E-state index contributed by atoms with van der Waals surface area (Å²) in [5.74, 6) is -0.541. The number of carboxylic acid groups (broad SMARTS) is 1. The van der Waals surface area contributed by atoms with Gasteiger partial charge in [0.2, 0.25) is 0 Å². The molecule has 4 rings (SSSR count). The number of nitrogens with one attached hydrogen (secondary N) is 2. The van der Waals surface area contributed by atoms with Gasteiger partial charge in [-0.05, 0) is 48.0 Å². The third kappa shape index (κ3) is 3.79. The normalized spacial score (nSPS) is 14.9. The Morgan fingerprint density at radius 1 is 1.17 bits per heavy atom. The SMILES string of the molecule is COc1ccc(NC(=O)c2cnn3c2NC(C(=O)O)=C[C@@H]3c2ccc(Br)cc2)cc1. The van der Waals surface area contributed by atoms with E-state index in [1.807, 2.05) is 24.3 Å². The van der Waals surface area contributed by atoms with Gasteiger partial charge in [-0.2, -0.15) is 5.10 Å². The van der Waals surface area contributed by atoms with Gasteiger partial charge in [-0.1, -0.05) is 28.1 Å². The molecule has 1 aliphatic heterocycles. The molecule has 0 unspecified atom stereocenters. The van der Waals surface area contributed by atoms with Crippen LogP contribution in [0.1, 0.15) is 22.0 Å². The van der Waals surface area contributed by atoms with Crippen LogP contribution in [0.5, 0.6) is 5.75 Å². The van der Waals surface area contributed by atoms with Gasteiger partial charge in [-0.25, -0.2) is 9.48 Å². The highest BCUT2D eigenvalue weighted by molar-refractivity contribution is 9.10. The van der Waals surface area contributed by atoms with Crippen LogP contribution >= 0.6 is 15.9 Å². The van der Waals surface area contributed by atoms with Gasteiger partial charge in [0.15, 0.2) is 0 Å². The molecule has 1 aromatic heterocycles. The van der Waals surface area contributed by atoms with Crippen LogP contribution in [0.3, 0.4) is 0 Å². The zero-order valence-electron chi connectivity index (χ0n) is 15.8. The highest BCUT2D eigenvalue weighted by Gasteiger charge is 2.29. The van der Waals surface area contributed by atoms with E-state index in [4.69, 9.17) is 4.74 Å². The Morgan fingerprint density at radius 3 is 2.50 bits per heavy atom. The summed E-state index contributed by atoms with van der Waals surface area (Å²) in [4.78, 5) is 24.5. The lowest BCUT2D eigenvalue weighted by atomic mass is 10.0. The summed E-state index contributed by atoms with van der Waals surface area (Å²) in [6, 6.07) is 13.9. The highest BCUT2D eigenvalue weighted by Crippen LogP contribution is 2.33. The number of carbonyl (C=O) groups excluding carboxylic acids is 1. The fourth-order valence-corrected chi connectivity index (χ4v) is 3.42. The first-order valence-electron chi connectivity index (χ1n) is 8.97. The Balaban J connectivity index is 1.68. The number of halogens is 1. The summed E-state index contributed by atoms with van der Waals surface area (Å²) in [5, 5.41) is 19.5. The Labute approximate surface area is 180 Å². The van der Waals surface area contributed by atoms with E-state index in [0.717, 1.165) is 10.0 Å². The number of carbonyl (C=O) groups is 2. The first kappa shape index (κ1) is 19.7. The predicted octanol–water partition coefficient (Wildman–Crippen LogP) is 3.89. The Hall–Kier alpha value is -3.59. The first-order chi connectivity index (χ1) is 14.5. The molecule has 1 amide bonds.